The third-order valence-corrected chi connectivity index (χ3v) is 6.79. The molecule has 1 aromatic rings. The summed E-state index contributed by atoms with van der Waals surface area (Å²) in [6.07, 6.45) is 3.87. The first-order chi connectivity index (χ1) is 11.2. The number of amides is 1. The molecule has 3 nitrogen and oxygen atoms in total. The number of aryl methyl sites for hydroxylation is 1. The summed E-state index contributed by atoms with van der Waals surface area (Å²) in [7, 11) is 0. The van der Waals surface area contributed by atoms with E-state index in [-0.39, 0.29) is 0 Å². The molecule has 2 aliphatic rings. The average Bonchev–Trinajstić information content (AvgIpc) is 2.98. The lowest BCUT2D eigenvalue weighted by Gasteiger charge is -2.26. The largest absolute Gasteiger partial charge is 0.341 e. The van der Waals surface area contributed by atoms with Crippen molar-refractivity contribution in [1.29, 1.82) is 0 Å². The highest BCUT2D eigenvalue weighted by atomic mass is 79.9. The monoisotopic (exact) mass is 396 g/mol. The Morgan fingerprint density at radius 1 is 1.22 bits per heavy atom. The molecule has 0 saturated carbocycles. The highest BCUT2D eigenvalue weighted by molar-refractivity contribution is 9.10. The van der Waals surface area contributed by atoms with Crippen LogP contribution in [-0.2, 0) is 11.2 Å². The number of rotatable bonds is 4. The summed E-state index contributed by atoms with van der Waals surface area (Å²) in [6, 6.07) is 8.94. The van der Waals surface area contributed by atoms with Gasteiger partial charge in [-0.1, -0.05) is 34.1 Å². The minimum Gasteiger partial charge on any atom is -0.341 e. The highest BCUT2D eigenvalue weighted by Crippen LogP contribution is 2.23. The van der Waals surface area contributed by atoms with Crippen LogP contribution in [-0.4, -0.2) is 59.4 Å². The van der Waals surface area contributed by atoms with Crippen molar-refractivity contribution in [2.75, 3.05) is 37.7 Å². The quantitative estimate of drug-likeness (QED) is 0.778. The standard InChI is InChI=1S/C18H25BrN2OS/c19-17-5-2-1-4-15(17)6-7-18(22)21-10-3-9-20(11-12-21)16-8-13-23-14-16/h1-2,4-5,16H,3,6-14H2. The van der Waals surface area contributed by atoms with Crippen molar-refractivity contribution in [2.24, 2.45) is 0 Å². The molecule has 0 spiro atoms. The lowest BCUT2D eigenvalue weighted by Crippen LogP contribution is -2.39. The molecule has 0 radical (unpaired) electrons. The van der Waals surface area contributed by atoms with Crippen molar-refractivity contribution in [2.45, 2.75) is 31.7 Å². The van der Waals surface area contributed by atoms with E-state index >= 15 is 0 Å². The van der Waals surface area contributed by atoms with Crippen LogP contribution < -0.4 is 0 Å². The van der Waals surface area contributed by atoms with Gasteiger partial charge in [0.1, 0.15) is 0 Å². The molecule has 126 valence electrons. The number of hydrogen-bond acceptors (Lipinski definition) is 3. The number of nitrogens with zero attached hydrogens (tertiary/aromatic N) is 2. The van der Waals surface area contributed by atoms with E-state index in [0.717, 1.165) is 49.5 Å². The summed E-state index contributed by atoms with van der Waals surface area (Å²) in [5, 5.41) is 0. The van der Waals surface area contributed by atoms with Crippen molar-refractivity contribution in [3.8, 4) is 0 Å². The third kappa shape index (κ3) is 4.74. The van der Waals surface area contributed by atoms with E-state index < -0.39 is 0 Å². The Labute approximate surface area is 151 Å². The van der Waals surface area contributed by atoms with Crippen LogP contribution in [0.15, 0.2) is 28.7 Å². The fraction of sp³-hybridized carbons (Fsp3) is 0.611. The van der Waals surface area contributed by atoms with Crippen LogP contribution in [0.3, 0.4) is 0 Å². The summed E-state index contributed by atoms with van der Waals surface area (Å²) < 4.78 is 1.11. The van der Waals surface area contributed by atoms with E-state index in [1.54, 1.807) is 0 Å². The Morgan fingerprint density at radius 2 is 2.09 bits per heavy atom. The second-order valence-electron chi connectivity index (χ2n) is 6.38. The zero-order valence-corrected chi connectivity index (χ0v) is 15.9. The Bertz CT molecular complexity index is 534. The van der Waals surface area contributed by atoms with Gasteiger partial charge in [0.25, 0.3) is 0 Å². The van der Waals surface area contributed by atoms with Crippen molar-refractivity contribution in [1.82, 2.24) is 9.80 Å². The number of carbonyl (C=O) groups is 1. The molecule has 0 aliphatic carbocycles. The normalized spacial score (nSPS) is 23.0. The van der Waals surface area contributed by atoms with Crippen LogP contribution in [0.25, 0.3) is 0 Å². The van der Waals surface area contributed by atoms with Crippen LogP contribution >= 0.6 is 27.7 Å². The SMILES string of the molecule is O=C(CCc1ccccc1Br)N1CCCN(C2CCSC2)CC1. The lowest BCUT2D eigenvalue weighted by atomic mass is 10.1. The van der Waals surface area contributed by atoms with E-state index in [2.05, 4.69) is 43.6 Å². The molecule has 2 fully saturated rings. The van der Waals surface area contributed by atoms with Crippen LogP contribution in [0.4, 0.5) is 0 Å². The Kier molecular flexibility index (Phi) is 6.43. The van der Waals surface area contributed by atoms with Crippen molar-refractivity contribution in [3.63, 3.8) is 0 Å². The van der Waals surface area contributed by atoms with Crippen LogP contribution in [0, 0.1) is 0 Å². The fourth-order valence-electron chi connectivity index (χ4n) is 3.46. The maximum atomic E-state index is 12.6. The van der Waals surface area contributed by atoms with Gasteiger partial charge in [-0.05, 0) is 36.6 Å². The van der Waals surface area contributed by atoms with Gasteiger partial charge in [0, 0.05) is 48.9 Å². The van der Waals surface area contributed by atoms with Crippen LogP contribution in [0.1, 0.15) is 24.8 Å². The van der Waals surface area contributed by atoms with Gasteiger partial charge >= 0.3 is 0 Å². The number of benzene rings is 1. The zero-order valence-electron chi connectivity index (χ0n) is 13.5. The number of halogens is 1. The molecule has 0 bridgehead atoms. The predicted molar refractivity (Wildman–Crippen MR) is 101 cm³/mol. The second-order valence-corrected chi connectivity index (χ2v) is 8.38. The Morgan fingerprint density at radius 3 is 2.87 bits per heavy atom. The Hall–Kier alpha value is -0.520. The topological polar surface area (TPSA) is 23.6 Å². The van der Waals surface area contributed by atoms with Gasteiger partial charge in [0.2, 0.25) is 5.91 Å². The average molecular weight is 397 g/mol. The van der Waals surface area contributed by atoms with E-state index in [1.165, 1.54) is 23.5 Å². The zero-order chi connectivity index (χ0) is 16.1. The van der Waals surface area contributed by atoms with Crippen molar-refractivity contribution < 1.29 is 4.79 Å². The van der Waals surface area contributed by atoms with Gasteiger partial charge < -0.3 is 4.90 Å². The second kappa shape index (κ2) is 8.54. The summed E-state index contributed by atoms with van der Waals surface area (Å²) in [5.74, 6) is 2.88. The first-order valence-corrected chi connectivity index (χ1v) is 10.5. The molecule has 1 aromatic carbocycles. The molecule has 0 N–H and O–H groups in total. The molecule has 5 heteroatoms. The number of hydrogen-bond donors (Lipinski definition) is 0. The minimum atomic E-state index is 0.309. The lowest BCUT2D eigenvalue weighted by molar-refractivity contribution is -0.131. The van der Waals surface area contributed by atoms with E-state index in [9.17, 15) is 4.79 Å². The fourth-order valence-corrected chi connectivity index (χ4v) is 5.20. The van der Waals surface area contributed by atoms with Crippen LogP contribution in [0.5, 0.6) is 0 Å². The van der Waals surface area contributed by atoms with Crippen LogP contribution in [0.2, 0.25) is 0 Å². The summed E-state index contributed by atoms with van der Waals surface area (Å²) in [4.78, 5) is 17.2. The molecule has 2 heterocycles. The number of carbonyl (C=O) groups excluding carboxylic acids is 1. The molecular formula is C18H25BrN2OS. The number of thioether (sulfide) groups is 1. The first kappa shape index (κ1) is 17.3. The first-order valence-electron chi connectivity index (χ1n) is 8.57. The summed E-state index contributed by atoms with van der Waals surface area (Å²) in [6.45, 7) is 4.02. The smallest absolute Gasteiger partial charge is 0.222 e. The van der Waals surface area contributed by atoms with E-state index in [1.807, 2.05) is 18.2 Å². The van der Waals surface area contributed by atoms with E-state index in [0.29, 0.717) is 12.3 Å². The molecule has 1 amide bonds. The van der Waals surface area contributed by atoms with Gasteiger partial charge in [-0.3, -0.25) is 9.69 Å². The van der Waals surface area contributed by atoms with Crippen molar-refractivity contribution >= 4 is 33.6 Å². The van der Waals surface area contributed by atoms with Gasteiger partial charge in [-0.2, -0.15) is 11.8 Å². The summed E-state index contributed by atoms with van der Waals surface area (Å²) >= 11 is 5.64. The molecule has 2 saturated heterocycles. The molecule has 1 unspecified atom stereocenters. The minimum absolute atomic E-state index is 0.309. The predicted octanol–water partition coefficient (Wildman–Crippen LogP) is 3.42. The molecule has 1 atom stereocenters. The molecular weight excluding hydrogens is 372 g/mol. The molecule has 23 heavy (non-hydrogen) atoms. The van der Waals surface area contributed by atoms with Gasteiger partial charge in [-0.15, -0.1) is 0 Å². The van der Waals surface area contributed by atoms with Gasteiger partial charge in [-0.25, -0.2) is 0 Å². The maximum absolute atomic E-state index is 12.6. The third-order valence-electron chi connectivity index (χ3n) is 4.87. The van der Waals surface area contributed by atoms with E-state index in [4.69, 9.17) is 0 Å². The highest BCUT2D eigenvalue weighted by Gasteiger charge is 2.26. The van der Waals surface area contributed by atoms with Gasteiger partial charge in [0.05, 0.1) is 0 Å². The molecule has 3 rings (SSSR count). The molecule has 2 aliphatic heterocycles. The maximum Gasteiger partial charge on any atom is 0.222 e. The Balaban J connectivity index is 1.49. The van der Waals surface area contributed by atoms with Crippen molar-refractivity contribution in [3.05, 3.63) is 34.3 Å². The van der Waals surface area contributed by atoms with Gasteiger partial charge in [0.15, 0.2) is 0 Å². The molecule has 0 aromatic heterocycles. The summed E-state index contributed by atoms with van der Waals surface area (Å²) in [5.41, 5.74) is 1.22.